The number of hydrogen-bond donors (Lipinski definition) is 0. The Bertz CT molecular complexity index is 317. The van der Waals surface area contributed by atoms with Crippen molar-refractivity contribution in [1.29, 1.82) is 0 Å². The number of aldehydes is 1. The molecule has 0 atom stereocenters. The quantitative estimate of drug-likeness (QED) is 0.716. The van der Waals surface area contributed by atoms with Gasteiger partial charge < -0.3 is 4.90 Å². The highest BCUT2D eigenvalue weighted by Crippen LogP contribution is 2.24. The minimum Gasteiger partial charge on any atom is -0.368 e. The van der Waals surface area contributed by atoms with Gasteiger partial charge in [0.2, 0.25) is 0 Å². The summed E-state index contributed by atoms with van der Waals surface area (Å²) < 4.78 is 0. The second-order valence-corrected chi connectivity index (χ2v) is 5.41. The predicted molar refractivity (Wildman–Crippen MR) is 67.0 cm³/mol. The lowest BCUT2D eigenvalue weighted by atomic mass is 10.1. The zero-order chi connectivity index (χ0) is 11.4. The van der Waals surface area contributed by atoms with Crippen LogP contribution in [0.15, 0.2) is 11.4 Å². The molecule has 1 heterocycles. The molecule has 0 radical (unpaired) electrons. The van der Waals surface area contributed by atoms with E-state index in [9.17, 15) is 4.79 Å². The van der Waals surface area contributed by atoms with Gasteiger partial charge in [0.25, 0.3) is 0 Å². The van der Waals surface area contributed by atoms with Crippen LogP contribution in [0.1, 0.15) is 37.4 Å². The fraction of sp³-hybridized carbons (Fsp3) is 0.583. The van der Waals surface area contributed by atoms with E-state index in [1.807, 2.05) is 6.07 Å². The molecule has 0 aliphatic heterocycles. The van der Waals surface area contributed by atoms with Gasteiger partial charge in [-0.2, -0.15) is 0 Å². The van der Waals surface area contributed by atoms with Crippen molar-refractivity contribution in [3.63, 3.8) is 0 Å². The normalized spacial score (nSPS) is 11.1. The minimum atomic E-state index is 0.474. The van der Waals surface area contributed by atoms with E-state index in [1.54, 1.807) is 0 Å². The first-order valence-corrected chi connectivity index (χ1v) is 6.23. The standard InChI is InChI=1S/C12H19NOS/c1-9(2)6-13(10(3)4)11-5-12(7-14)15-8-11/h5,7-10H,6H2,1-4H3. The van der Waals surface area contributed by atoms with Crippen LogP contribution in [-0.4, -0.2) is 18.9 Å². The summed E-state index contributed by atoms with van der Waals surface area (Å²) in [7, 11) is 0. The average molecular weight is 225 g/mol. The Morgan fingerprint density at radius 1 is 1.40 bits per heavy atom. The van der Waals surface area contributed by atoms with Crippen molar-refractivity contribution < 1.29 is 4.79 Å². The van der Waals surface area contributed by atoms with E-state index >= 15 is 0 Å². The molecule has 0 amide bonds. The summed E-state index contributed by atoms with van der Waals surface area (Å²) in [5.74, 6) is 0.631. The summed E-state index contributed by atoms with van der Waals surface area (Å²) in [6.07, 6.45) is 0.919. The van der Waals surface area contributed by atoms with Crippen molar-refractivity contribution in [1.82, 2.24) is 0 Å². The first kappa shape index (κ1) is 12.2. The fourth-order valence-electron chi connectivity index (χ4n) is 1.56. The van der Waals surface area contributed by atoms with Crippen LogP contribution in [0.4, 0.5) is 5.69 Å². The molecule has 0 N–H and O–H groups in total. The molecule has 0 saturated heterocycles. The zero-order valence-electron chi connectivity index (χ0n) is 9.86. The molecule has 0 bridgehead atoms. The Hall–Kier alpha value is -0.830. The van der Waals surface area contributed by atoms with Crippen LogP contribution < -0.4 is 4.90 Å². The van der Waals surface area contributed by atoms with E-state index in [1.165, 1.54) is 17.0 Å². The summed E-state index contributed by atoms with van der Waals surface area (Å²) in [6.45, 7) is 9.82. The molecular formula is C12H19NOS. The van der Waals surface area contributed by atoms with Crippen LogP contribution >= 0.6 is 11.3 Å². The molecule has 0 saturated carbocycles. The van der Waals surface area contributed by atoms with E-state index in [-0.39, 0.29) is 0 Å². The second kappa shape index (κ2) is 5.31. The number of thiophene rings is 1. The summed E-state index contributed by atoms with van der Waals surface area (Å²) in [6, 6.07) is 2.45. The molecule has 15 heavy (non-hydrogen) atoms. The molecule has 0 aromatic carbocycles. The van der Waals surface area contributed by atoms with Crippen molar-refractivity contribution in [2.75, 3.05) is 11.4 Å². The Morgan fingerprint density at radius 3 is 2.47 bits per heavy atom. The monoisotopic (exact) mass is 225 g/mol. The smallest absolute Gasteiger partial charge is 0.160 e. The van der Waals surface area contributed by atoms with Crippen LogP contribution in [0, 0.1) is 5.92 Å². The molecule has 0 fully saturated rings. The Kier molecular flexibility index (Phi) is 4.33. The Labute approximate surface area is 95.9 Å². The number of carbonyl (C=O) groups excluding carboxylic acids is 1. The number of rotatable bonds is 5. The second-order valence-electron chi connectivity index (χ2n) is 4.47. The number of hydrogen-bond acceptors (Lipinski definition) is 3. The van der Waals surface area contributed by atoms with Gasteiger partial charge in [0.15, 0.2) is 6.29 Å². The van der Waals surface area contributed by atoms with Gasteiger partial charge in [0.05, 0.1) is 4.88 Å². The molecule has 0 aliphatic rings. The van der Waals surface area contributed by atoms with E-state index in [0.29, 0.717) is 12.0 Å². The van der Waals surface area contributed by atoms with Crippen molar-refractivity contribution in [3.8, 4) is 0 Å². The third-order valence-electron chi connectivity index (χ3n) is 2.24. The highest BCUT2D eigenvalue weighted by molar-refractivity contribution is 7.12. The van der Waals surface area contributed by atoms with Crippen LogP contribution in [-0.2, 0) is 0 Å². The van der Waals surface area contributed by atoms with Crippen molar-refractivity contribution in [2.24, 2.45) is 5.92 Å². The predicted octanol–water partition coefficient (Wildman–Crippen LogP) is 3.43. The fourth-order valence-corrected chi connectivity index (χ4v) is 2.27. The Morgan fingerprint density at radius 2 is 2.07 bits per heavy atom. The molecule has 1 aromatic rings. The lowest BCUT2D eigenvalue weighted by Crippen LogP contribution is -2.33. The topological polar surface area (TPSA) is 20.3 Å². The largest absolute Gasteiger partial charge is 0.368 e. The van der Waals surface area contributed by atoms with Crippen molar-refractivity contribution in [2.45, 2.75) is 33.7 Å². The summed E-state index contributed by atoms with van der Waals surface area (Å²) in [5.41, 5.74) is 1.17. The molecule has 3 heteroatoms. The zero-order valence-corrected chi connectivity index (χ0v) is 10.7. The van der Waals surface area contributed by atoms with Crippen LogP contribution in [0.25, 0.3) is 0 Å². The van der Waals surface area contributed by atoms with Gasteiger partial charge in [-0.1, -0.05) is 13.8 Å². The maximum atomic E-state index is 10.6. The lowest BCUT2D eigenvalue weighted by molar-refractivity contribution is 0.112. The van der Waals surface area contributed by atoms with Crippen LogP contribution in [0.5, 0.6) is 0 Å². The maximum Gasteiger partial charge on any atom is 0.160 e. The van der Waals surface area contributed by atoms with Gasteiger partial charge in [0, 0.05) is 23.7 Å². The van der Waals surface area contributed by atoms with Crippen molar-refractivity contribution in [3.05, 3.63) is 16.3 Å². The van der Waals surface area contributed by atoms with Crippen LogP contribution in [0.3, 0.4) is 0 Å². The van der Waals surface area contributed by atoms with Gasteiger partial charge in [-0.25, -0.2) is 0 Å². The SMILES string of the molecule is CC(C)CN(c1csc(C=O)c1)C(C)C. The maximum absolute atomic E-state index is 10.6. The van der Waals surface area contributed by atoms with E-state index in [4.69, 9.17) is 0 Å². The van der Waals surface area contributed by atoms with E-state index < -0.39 is 0 Å². The van der Waals surface area contributed by atoms with Gasteiger partial charge in [-0.05, 0) is 25.8 Å². The molecule has 0 aliphatic carbocycles. The molecule has 84 valence electrons. The molecule has 1 aromatic heterocycles. The average Bonchev–Trinajstić information content (AvgIpc) is 2.61. The molecule has 0 spiro atoms. The summed E-state index contributed by atoms with van der Waals surface area (Å²) >= 11 is 1.51. The lowest BCUT2D eigenvalue weighted by Gasteiger charge is -2.29. The van der Waals surface area contributed by atoms with Crippen LogP contribution in [0.2, 0.25) is 0 Å². The minimum absolute atomic E-state index is 0.474. The first-order chi connectivity index (χ1) is 7.04. The summed E-state index contributed by atoms with van der Waals surface area (Å²) in [4.78, 5) is 13.8. The van der Waals surface area contributed by atoms with Gasteiger partial charge in [-0.15, -0.1) is 11.3 Å². The highest BCUT2D eigenvalue weighted by Gasteiger charge is 2.13. The Balaban J connectivity index is 2.83. The third kappa shape index (κ3) is 3.34. The first-order valence-electron chi connectivity index (χ1n) is 5.35. The van der Waals surface area contributed by atoms with E-state index in [2.05, 4.69) is 38.0 Å². The number of carbonyl (C=O) groups is 1. The molecular weight excluding hydrogens is 206 g/mol. The van der Waals surface area contributed by atoms with Gasteiger partial charge in [-0.3, -0.25) is 4.79 Å². The third-order valence-corrected chi connectivity index (χ3v) is 3.08. The van der Waals surface area contributed by atoms with Gasteiger partial charge in [0.1, 0.15) is 0 Å². The van der Waals surface area contributed by atoms with Crippen molar-refractivity contribution >= 4 is 23.3 Å². The number of nitrogens with zero attached hydrogens (tertiary/aromatic N) is 1. The van der Waals surface area contributed by atoms with E-state index in [0.717, 1.165) is 17.7 Å². The summed E-state index contributed by atoms with van der Waals surface area (Å²) in [5, 5.41) is 2.06. The molecule has 1 rings (SSSR count). The molecule has 0 unspecified atom stereocenters. The number of anilines is 1. The molecule has 2 nitrogen and oxygen atoms in total. The highest BCUT2D eigenvalue weighted by atomic mass is 32.1. The van der Waals surface area contributed by atoms with Gasteiger partial charge >= 0.3 is 0 Å².